The summed E-state index contributed by atoms with van der Waals surface area (Å²) in [7, 11) is 0. The first-order chi connectivity index (χ1) is 6.49. The van der Waals surface area contributed by atoms with Gasteiger partial charge in [-0.2, -0.15) is 0 Å². The summed E-state index contributed by atoms with van der Waals surface area (Å²) in [6.07, 6.45) is -3.45. The highest BCUT2D eigenvalue weighted by Gasteiger charge is 2.15. The van der Waals surface area contributed by atoms with E-state index in [0.29, 0.717) is 4.47 Å². The van der Waals surface area contributed by atoms with E-state index in [2.05, 4.69) is 15.9 Å². The SMILES string of the molecule is O=C(Cc1cc(F)cc(Br)c1)C(F)F. The molecule has 1 nitrogen and oxygen atoms in total. The van der Waals surface area contributed by atoms with Crippen LogP contribution in [0.3, 0.4) is 0 Å². The Kier molecular flexibility index (Phi) is 3.69. The van der Waals surface area contributed by atoms with Crippen LogP contribution in [0.25, 0.3) is 0 Å². The Hall–Kier alpha value is -0.840. The highest BCUT2D eigenvalue weighted by Crippen LogP contribution is 2.16. The minimum absolute atomic E-state index is 0.238. The number of benzene rings is 1. The number of hydrogen-bond acceptors (Lipinski definition) is 1. The molecule has 0 spiro atoms. The van der Waals surface area contributed by atoms with Crippen LogP contribution < -0.4 is 0 Å². The van der Waals surface area contributed by atoms with Gasteiger partial charge in [0.05, 0.1) is 0 Å². The van der Waals surface area contributed by atoms with E-state index in [4.69, 9.17) is 0 Å². The average molecular weight is 267 g/mol. The number of halogens is 4. The smallest absolute Gasteiger partial charge is 0.293 e. The Labute approximate surface area is 87.1 Å². The first kappa shape index (κ1) is 11.2. The second kappa shape index (κ2) is 4.59. The third kappa shape index (κ3) is 3.14. The first-order valence-electron chi connectivity index (χ1n) is 3.75. The minimum Gasteiger partial charge on any atom is -0.293 e. The molecule has 76 valence electrons. The van der Waals surface area contributed by atoms with E-state index in [1.165, 1.54) is 12.1 Å². The molecule has 0 saturated carbocycles. The topological polar surface area (TPSA) is 17.1 Å². The summed E-state index contributed by atoms with van der Waals surface area (Å²) in [5.74, 6) is -1.76. The number of ketones is 1. The van der Waals surface area contributed by atoms with Crippen LogP contribution in [0.2, 0.25) is 0 Å². The molecule has 0 atom stereocenters. The fourth-order valence-corrected chi connectivity index (χ4v) is 1.50. The van der Waals surface area contributed by atoms with Crippen LogP contribution in [-0.2, 0) is 11.2 Å². The van der Waals surface area contributed by atoms with E-state index >= 15 is 0 Å². The number of Topliss-reactive ketones (excluding diaryl/α,β-unsaturated/α-hetero) is 1. The molecular formula is C9H6BrF3O. The van der Waals surface area contributed by atoms with Crippen molar-refractivity contribution in [2.75, 3.05) is 0 Å². The highest BCUT2D eigenvalue weighted by molar-refractivity contribution is 9.10. The number of hydrogen-bond donors (Lipinski definition) is 0. The molecule has 0 aliphatic carbocycles. The third-order valence-electron chi connectivity index (χ3n) is 1.54. The summed E-state index contributed by atoms with van der Waals surface area (Å²) in [4.78, 5) is 10.6. The fourth-order valence-electron chi connectivity index (χ4n) is 0.991. The molecule has 0 unspecified atom stereocenters. The van der Waals surface area contributed by atoms with Crippen LogP contribution in [0, 0.1) is 5.82 Å². The van der Waals surface area contributed by atoms with Crippen molar-refractivity contribution < 1.29 is 18.0 Å². The van der Waals surface area contributed by atoms with Crippen molar-refractivity contribution in [1.29, 1.82) is 0 Å². The maximum Gasteiger partial charge on any atom is 0.296 e. The Morgan fingerprint density at radius 3 is 2.50 bits per heavy atom. The average Bonchev–Trinajstić information content (AvgIpc) is 2.01. The van der Waals surface area contributed by atoms with Crippen LogP contribution in [0.5, 0.6) is 0 Å². The second-order valence-corrected chi connectivity index (χ2v) is 3.64. The zero-order valence-corrected chi connectivity index (χ0v) is 8.52. The summed E-state index contributed by atoms with van der Waals surface area (Å²) >= 11 is 3.00. The predicted molar refractivity (Wildman–Crippen MR) is 48.8 cm³/mol. The highest BCUT2D eigenvalue weighted by atomic mass is 79.9. The van der Waals surface area contributed by atoms with Gasteiger partial charge >= 0.3 is 0 Å². The molecule has 1 aromatic carbocycles. The molecule has 0 aliphatic rings. The van der Waals surface area contributed by atoms with Gasteiger partial charge in [0.15, 0.2) is 0 Å². The normalized spacial score (nSPS) is 10.6. The lowest BCUT2D eigenvalue weighted by molar-refractivity contribution is -0.128. The van der Waals surface area contributed by atoms with Gasteiger partial charge in [-0.25, -0.2) is 13.2 Å². The first-order valence-corrected chi connectivity index (χ1v) is 4.54. The summed E-state index contributed by atoms with van der Waals surface area (Å²) in [5.41, 5.74) is 0.238. The molecule has 1 aromatic rings. The third-order valence-corrected chi connectivity index (χ3v) is 2.00. The molecular weight excluding hydrogens is 261 g/mol. The quantitative estimate of drug-likeness (QED) is 0.822. The van der Waals surface area contributed by atoms with Gasteiger partial charge in [-0.3, -0.25) is 4.79 Å². The van der Waals surface area contributed by atoms with E-state index in [9.17, 15) is 18.0 Å². The largest absolute Gasteiger partial charge is 0.296 e. The maximum atomic E-state index is 12.8. The number of carbonyl (C=O) groups excluding carboxylic acids is 1. The lowest BCUT2D eigenvalue weighted by atomic mass is 10.1. The van der Waals surface area contributed by atoms with Crippen molar-refractivity contribution >= 4 is 21.7 Å². The molecule has 0 amide bonds. The number of carbonyl (C=O) groups is 1. The second-order valence-electron chi connectivity index (χ2n) is 2.72. The summed E-state index contributed by atoms with van der Waals surface area (Å²) in [6.45, 7) is 0. The predicted octanol–water partition coefficient (Wildman–Crippen LogP) is 2.96. The van der Waals surface area contributed by atoms with Crippen LogP contribution in [0.4, 0.5) is 13.2 Å². The summed E-state index contributed by atoms with van der Waals surface area (Å²) in [5, 5.41) is 0. The van der Waals surface area contributed by atoms with Gasteiger partial charge in [0.1, 0.15) is 5.82 Å². The Balaban J connectivity index is 2.82. The van der Waals surface area contributed by atoms with Gasteiger partial charge in [-0.15, -0.1) is 0 Å². The van der Waals surface area contributed by atoms with Crippen molar-refractivity contribution in [3.05, 3.63) is 34.1 Å². The lowest BCUT2D eigenvalue weighted by Crippen LogP contribution is -2.12. The van der Waals surface area contributed by atoms with Crippen molar-refractivity contribution in [2.24, 2.45) is 0 Å². The van der Waals surface area contributed by atoms with Crippen molar-refractivity contribution in [3.8, 4) is 0 Å². The molecule has 0 heterocycles. The molecule has 14 heavy (non-hydrogen) atoms. The molecule has 1 rings (SSSR count). The van der Waals surface area contributed by atoms with Crippen LogP contribution in [-0.4, -0.2) is 12.2 Å². The van der Waals surface area contributed by atoms with Gasteiger partial charge in [-0.05, 0) is 23.8 Å². The fraction of sp³-hybridized carbons (Fsp3) is 0.222. The van der Waals surface area contributed by atoms with E-state index in [-0.39, 0.29) is 5.56 Å². The van der Waals surface area contributed by atoms with E-state index in [0.717, 1.165) is 6.07 Å². The lowest BCUT2D eigenvalue weighted by Gasteiger charge is -2.01. The molecule has 0 aliphatic heterocycles. The summed E-state index contributed by atoms with van der Waals surface area (Å²) < 4.78 is 36.9. The van der Waals surface area contributed by atoms with Crippen molar-refractivity contribution in [1.82, 2.24) is 0 Å². The monoisotopic (exact) mass is 266 g/mol. The van der Waals surface area contributed by atoms with Gasteiger partial charge < -0.3 is 0 Å². The molecule has 0 radical (unpaired) electrons. The molecule has 5 heteroatoms. The Bertz CT molecular complexity index is 332. The molecule has 0 N–H and O–H groups in total. The Morgan fingerprint density at radius 2 is 2.00 bits per heavy atom. The van der Waals surface area contributed by atoms with Gasteiger partial charge in [0.2, 0.25) is 5.78 Å². The van der Waals surface area contributed by atoms with E-state index < -0.39 is 24.4 Å². The van der Waals surface area contributed by atoms with Gasteiger partial charge in [0, 0.05) is 10.9 Å². The summed E-state index contributed by atoms with van der Waals surface area (Å²) in [6, 6.07) is 3.69. The molecule has 0 aromatic heterocycles. The van der Waals surface area contributed by atoms with Crippen molar-refractivity contribution in [3.63, 3.8) is 0 Å². The van der Waals surface area contributed by atoms with Crippen molar-refractivity contribution in [2.45, 2.75) is 12.8 Å². The molecule has 0 fully saturated rings. The van der Waals surface area contributed by atoms with Gasteiger partial charge in [-0.1, -0.05) is 15.9 Å². The van der Waals surface area contributed by atoms with E-state index in [1.807, 2.05) is 0 Å². The van der Waals surface area contributed by atoms with Crippen LogP contribution in [0.1, 0.15) is 5.56 Å². The van der Waals surface area contributed by atoms with Crippen LogP contribution >= 0.6 is 15.9 Å². The zero-order valence-electron chi connectivity index (χ0n) is 6.94. The zero-order chi connectivity index (χ0) is 10.7. The standard InChI is InChI=1S/C9H6BrF3O/c10-6-1-5(2-7(11)4-6)3-8(14)9(12)13/h1-2,4,9H,3H2. The maximum absolute atomic E-state index is 12.8. The number of alkyl halides is 2. The number of rotatable bonds is 3. The van der Waals surface area contributed by atoms with Gasteiger partial charge in [0.25, 0.3) is 6.43 Å². The van der Waals surface area contributed by atoms with E-state index in [1.54, 1.807) is 0 Å². The minimum atomic E-state index is -3.00. The van der Waals surface area contributed by atoms with Crippen LogP contribution in [0.15, 0.2) is 22.7 Å². The Morgan fingerprint density at radius 1 is 1.36 bits per heavy atom. The molecule has 0 bridgehead atoms. The molecule has 0 saturated heterocycles.